The molecule has 19 nitrogen and oxygen atoms in total. The first-order valence-electron chi connectivity index (χ1n) is 25.8. The van der Waals surface area contributed by atoms with Crippen LogP contribution in [0.15, 0.2) is 0 Å². The molecule has 396 valence electrons. The summed E-state index contributed by atoms with van der Waals surface area (Å²) >= 11 is 0. The van der Waals surface area contributed by atoms with E-state index in [0.717, 1.165) is 77.0 Å². The van der Waals surface area contributed by atoms with Crippen molar-refractivity contribution in [3.8, 4) is 0 Å². The van der Waals surface area contributed by atoms with Gasteiger partial charge in [-0.15, -0.1) is 0 Å². The van der Waals surface area contributed by atoms with Gasteiger partial charge in [0.15, 0.2) is 37.7 Å². The number of aliphatic hydroxyl groups is 5. The summed E-state index contributed by atoms with van der Waals surface area (Å²) in [6.07, 6.45) is -8.83. The van der Waals surface area contributed by atoms with Crippen LogP contribution in [-0.4, -0.2) is 180 Å². The normalized spacial score (nSPS) is 43.4. The molecule has 5 N–H and O–H groups in total. The van der Waals surface area contributed by atoms with Crippen molar-refractivity contribution < 1.29 is 91.9 Å². The Balaban J connectivity index is 1.06. The third-order valence-electron chi connectivity index (χ3n) is 14.3. The second-order valence-corrected chi connectivity index (χ2v) is 20.6. The van der Waals surface area contributed by atoms with E-state index in [0.29, 0.717) is 6.42 Å². The minimum absolute atomic E-state index is 0.0170. The van der Waals surface area contributed by atoms with Gasteiger partial charge < -0.3 is 87.1 Å². The van der Waals surface area contributed by atoms with E-state index in [4.69, 9.17) is 61.6 Å². The van der Waals surface area contributed by atoms with Crippen LogP contribution in [0, 0.1) is 11.8 Å². The maximum absolute atomic E-state index is 11.7. The lowest BCUT2D eigenvalue weighted by molar-refractivity contribution is -0.373. The van der Waals surface area contributed by atoms with E-state index in [2.05, 4.69) is 6.92 Å². The van der Waals surface area contributed by atoms with Crippen molar-refractivity contribution in [3.63, 3.8) is 0 Å². The number of aliphatic hydroxyl groups excluding tert-OH is 5. The lowest BCUT2D eigenvalue weighted by Gasteiger charge is -2.48. The number of fused-ring (bicyclic) bond motifs is 2. The predicted octanol–water partition coefficient (Wildman–Crippen LogP) is 4.11. The van der Waals surface area contributed by atoms with Crippen LogP contribution in [0.1, 0.15) is 146 Å². The van der Waals surface area contributed by atoms with E-state index in [9.17, 15) is 30.3 Å². The lowest BCUT2D eigenvalue weighted by atomic mass is 9.96. The SMILES string of the molecule is CCCCCC(CCCCCCCCCC(=O)OC)OC1OC(C)C(OC2OC(C)C(OC3OC(C)C(OC4OC(C)C(O)C(O)C4O)C4OC(C(C)C)OC34)C(O)C2O)C2OC(C(C)C)OC12. The van der Waals surface area contributed by atoms with Gasteiger partial charge in [0.05, 0.1) is 37.6 Å². The average Bonchev–Trinajstić information content (AvgIpc) is 3.97. The third-order valence-corrected chi connectivity index (χ3v) is 14.3. The fraction of sp³-hybridized carbons (Fsp3) is 0.980. The summed E-state index contributed by atoms with van der Waals surface area (Å²) in [5.74, 6) is -0.216. The van der Waals surface area contributed by atoms with Crippen LogP contribution in [-0.2, 0) is 66.4 Å². The third kappa shape index (κ3) is 13.9. The van der Waals surface area contributed by atoms with Gasteiger partial charge in [-0.05, 0) is 47.0 Å². The number of esters is 1. The van der Waals surface area contributed by atoms with Crippen molar-refractivity contribution in [1.82, 2.24) is 0 Å². The summed E-state index contributed by atoms with van der Waals surface area (Å²) in [5, 5.41) is 54.8. The van der Waals surface area contributed by atoms with Crippen LogP contribution in [0.25, 0.3) is 0 Å². The number of carbonyl (C=O) groups excluding carboxylic acids is 1. The summed E-state index contributed by atoms with van der Waals surface area (Å²) in [5.41, 5.74) is 0. The number of hydrogen-bond acceptors (Lipinski definition) is 19. The molecule has 19 heteroatoms. The fourth-order valence-corrected chi connectivity index (χ4v) is 10.1. The molecule has 23 unspecified atom stereocenters. The van der Waals surface area contributed by atoms with Gasteiger partial charge in [0.25, 0.3) is 0 Å². The smallest absolute Gasteiger partial charge is 0.305 e. The van der Waals surface area contributed by atoms with Gasteiger partial charge >= 0.3 is 5.97 Å². The Morgan fingerprint density at radius 2 is 0.897 bits per heavy atom. The molecule has 6 heterocycles. The number of unbranched alkanes of at least 4 members (excludes halogenated alkanes) is 8. The molecule has 0 aromatic heterocycles. The second-order valence-electron chi connectivity index (χ2n) is 20.6. The lowest BCUT2D eigenvalue weighted by Crippen LogP contribution is -2.65. The molecule has 0 saturated carbocycles. The quantitative estimate of drug-likeness (QED) is 0.0676. The first-order valence-corrected chi connectivity index (χ1v) is 25.8. The summed E-state index contributed by atoms with van der Waals surface area (Å²) in [7, 11) is 1.43. The molecule has 6 aliphatic rings. The van der Waals surface area contributed by atoms with Crippen molar-refractivity contribution in [2.24, 2.45) is 11.8 Å². The predicted molar refractivity (Wildman–Crippen MR) is 241 cm³/mol. The molecule has 23 atom stereocenters. The maximum Gasteiger partial charge on any atom is 0.305 e. The first-order chi connectivity index (χ1) is 32.4. The molecule has 0 bridgehead atoms. The zero-order valence-electron chi connectivity index (χ0n) is 42.1. The second kappa shape index (κ2) is 26.1. The number of hydrogen-bond donors (Lipinski definition) is 5. The first kappa shape index (κ1) is 56.1. The molecule has 0 aromatic carbocycles. The summed E-state index contributed by atoms with van der Waals surface area (Å²) in [6.45, 7) is 17.0. The van der Waals surface area contributed by atoms with Gasteiger partial charge in [0, 0.05) is 18.3 Å². The topological polar surface area (TPSA) is 238 Å². The van der Waals surface area contributed by atoms with Gasteiger partial charge in [-0.3, -0.25) is 4.79 Å². The Bertz CT molecular complexity index is 1490. The number of ether oxygens (including phenoxy) is 13. The molecular formula is C49H86O19. The highest BCUT2D eigenvalue weighted by Crippen LogP contribution is 2.42. The van der Waals surface area contributed by atoms with E-state index in [1.165, 1.54) is 7.11 Å². The minimum atomic E-state index is -1.56. The van der Waals surface area contributed by atoms with Gasteiger partial charge in [0.2, 0.25) is 0 Å². The van der Waals surface area contributed by atoms with Crippen molar-refractivity contribution in [1.29, 1.82) is 0 Å². The zero-order valence-corrected chi connectivity index (χ0v) is 42.1. The zero-order chi connectivity index (χ0) is 49.4. The number of methoxy groups -OCH3 is 1. The van der Waals surface area contributed by atoms with Crippen LogP contribution in [0.4, 0.5) is 0 Å². The Morgan fingerprint density at radius 3 is 1.44 bits per heavy atom. The van der Waals surface area contributed by atoms with Crippen LogP contribution in [0.2, 0.25) is 0 Å². The van der Waals surface area contributed by atoms with Crippen LogP contribution in [0.3, 0.4) is 0 Å². The molecule has 0 amide bonds. The van der Waals surface area contributed by atoms with Crippen molar-refractivity contribution in [2.45, 2.75) is 287 Å². The standard InChI is InChI=1S/C49H86O19/c1-11-12-18-21-30(22-19-16-14-13-15-17-20-23-31(50)56-10)61-48-42-40(65-44(67-42)24(2)3)38(28(8)59-48)64-47-36(55)34(53)37(27(7)58-47)62-49-43-41(66-45(68-43)25(4)5)39(29(9)60-49)63-46-35(54)33(52)32(51)26(6)57-46/h24-30,32-49,51-55H,11-23H2,1-10H3. The van der Waals surface area contributed by atoms with E-state index in [-0.39, 0.29) is 23.9 Å². The fourth-order valence-electron chi connectivity index (χ4n) is 10.1. The van der Waals surface area contributed by atoms with Crippen molar-refractivity contribution in [3.05, 3.63) is 0 Å². The van der Waals surface area contributed by atoms with Crippen LogP contribution < -0.4 is 0 Å². The Hall–Kier alpha value is -1.21. The monoisotopic (exact) mass is 979 g/mol. The molecule has 0 aliphatic carbocycles. The Kier molecular flexibility index (Phi) is 21.6. The molecule has 0 radical (unpaired) electrons. The molecule has 0 spiro atoms. The number of rotatable bonds is 24. The molecule has 0 aromatic rings. The molecule has 6 rings (SSSR count). The minimum Gasteiger partial charge on any atom is -0.469 e. The molecule has 6 saturated heterocycles. The van der Waals surface area contributed by atoms with Gasteiger partial charge in [-0.2, -0.15) is 0 Å². The van der Waals surface area contributed by atoms with Crippen LogP contribution in [0.5, 0.6) is 0 Å². The Morgan fingerprint density at radius 1 is 0.471 bits per heavy atom. The highest BCUT2D eigenvalue weighted by Gasteiger charge is 2.59. The van der Waals surface area contributed by atoms with Gasteiger partial charge in [-0.1, -0.05) is 92.4 Å². The van der Waals surface area contributed by atoms with E-state index < -0.39 is 135 Å². The highest BCUT2D eigenvalue weighted by molar-refractivity contribution is 5.68. The summed E-state index contributed by atoms with van der Waals surface area (Å²) < 4.78 is 81.4. The summed E-state index contributed by atoms with van der Waals surface area (Å²) in [4.78, 5) is 11.4. The largest absolute Gasteiger partial charge is 0.469 e. The molecule has 6 aliphatic heterocycles. The van der Waals surface area contributed by atoms with Crippen molar-refractivity contribution >= 4 is 5.97 Å². The summed E-state index contributed by atoms with van der Waals surface area (Å²) in [6, 6.07) is 0. The average molecular weight is 979 g/mol. The Labute approximate surface area is 403 Å². The van der Waals surface area contributed by atoms with Crippen molar-refractivity contribution in [2.75, 3.05) is 7.11 Å². The molecule has 68 heavy (non-hydrogen) atoms. The maximum atomic E-state index is 11.7. The van der Waals surface area contributed by atoms with Crippen LogP contribution >= 0.6 is 0 Å². The van der Waals surface area contributed by atoms with Gasteiger partial charge in [-0.25, -0.2) is 0 Å². The molecular weight excluding hydrogens is 893 g/mol. The number of carbonyl (C=O) groups is 1. The molecule has 6 fully saturated rings. The van der Waals surface area contributed by atoms with E-state index >= 15 is 0 Å². The highest BCUT2D eigenvalue weighted by atomic mass is 16.8. The van der Waals surface area contributed by atoms with E-state index in [1.807, 2.05) is 34.6 Å². The van der Waals surface area contributed by atoms with E-state index in [1.54, 1.807) is 20.8 Å². The van der Waals surface area contributed by atoms with Gasteiger partial charge in [0.1, 0.15) is 73.2 Å².